The van der Waals surface area contributed by atoms with E-state index in [1.807, 2.05) is 6.92 Å². The summed E-state index contributed by atoms with van der Waals surface area (Å²) < 4.78 is 15.5. The van der Waals surface area contributed by atoms with E-state index in [0.717, 1.165) is 17.7 Å². The average molecular weight is 357 g/mol. The van der Waals surface area contributed by atoms with Crippen molar-refractivity contribution >= 4 is 17.7 Å². The molecule has 0 saturated heterocycles. The molecular formula is C19H19NO6. The summed E-state index contributed by atoms with van der Waals surface area (Å²) in [4.78, 5) is 22.4. The minimum absolute atomic E-state index is 0.145. The molecule has 0 N–H and O–H groups in total. The summed E-state index contributed by atoms with van der Waals surface area (Å²) in [6.45, 7) is 2.66. The Kier molecular flexibility index (Phi) is 6.73. The van der Waals surface area contributed by atoms with E-state index < -0.39 is 10.9 Å². The van der Waals surface area contributed by atoms with Crippen molar-refractivity contribution in [1.29, 1.82) is 0 Å². The molecule has 2 aromatic carbocycles. The van der Waals surface area contributed by atoms with Gasteiger partial charge in [-0.05, 0) is 42.3 Å². The number of nitro groups is 1. The molecule has 0 aliphatic rings. The van der Waals surface area contributed by atoms with Crippen LogP contribution in [0.1, 0.15) is 18.9 Å². The van der Waals surface area contributed by atoms with Crippen molar-refractivity contribution in [1.82, 2.24) is 0 Å². The lowest BCUT2D eigenvalue weighted by atomic mass is 10.2. The van der Waals surface area contributed by atoms with Crippen molar-refractivity contribution in [3.8, 4) is 17.2 Å². The third-order valence-corrected chi connectivity index (χ3v) is 3.34. The number of esters is 1. The van der Waals surface area contributed by atoms with Gasteiger partial charge in [0, 0.05) is 6.08 Å². The smallest absolute Gasteiger partial charge is 0.336 e. The van der Waals surface area contributed by atoms with Crippen LogP contribution in [0.2, 0.25) is 0 Å². The molecule has 0 bridgehead atoms. The van der Waals surface area contributed by atoms with Crippen molar-refractivity contribution in [3.05, 3.63) is 64.2 Å². The second kappa shape index (κ2) is 9.22. The van der Waals surface area contributed by atoms with Gasteiger partial charge >= 0.3 is 11.7 Å². The average Bonchev–Trinajstić information content (AvgIpc) is 2.65. The fourth-order valence-corrected chi connectivity index (χ4v) is 2.05. The Morgan fingerprint density at radius 2 is 1.85 bits per heavy atom. The van der Waals surface area contributed by atoms with E-state index in [2.05, 4.69) is 0 Å². The summed E-state index contributed by atoms with van der Waals surface area (Å²) in [5.74, 6) is 0.191. The molecule has 0 radical (unpaired) electrons. The van der Waals surface area contributed by atoms with Crippen LogP contribution in [0.4, 0.5) is 5.69 Å². The second-order valence-corrected chi connectivity index (χ2v) is 5.26. The lowest BCUT2D eigenvalue weighted by Crippen LogP contribution is -2.06. The fourth-order valence-electron chi connectivity index (χ4n) is 2.05. The summed E-state index contributed by atoms with van der Waals surface area (Å²) >= 11 is 0. The van der Waals surface area contributed by atoms with Crippen LogP contribution in [-0.2, 0) is 4.79 Å². The molecule has 7 nitrogen and oxygen atoms in total. The largest absolute Gasteiger partial charge is 0.496 e. The summed E-state index contributed by atoms with van der Waals surface area (Å²) in [6.07, 6.45) is 3.68. The number of hydrogen-bond donors (Lipinski definition) is 0. The molecule has 7 heteroatoms. The first kappa shape index (κ1) is 19.0. The molecule has 2 rings (SSSR count). The molecule has 0 unspecified atom stereocenters. The van der Waals surface area contributed by atoms with Crippen LogP contribution >= 0.6 is 0 Å². The zero-order valence-corrected chi connectivity index (χ0v) is 14.5. The number of nitro benzene ring substituents is 1. The van der Waals surface area contributed by atoms with Gasteiger partial charge in [-0.25, -0.2) is 4.79 Å². The molecule has 0 fully saturated rings. The number of carbonyl (C=O) groups is 1. The monoisotopic (exact) mass is 357 g/mol. The first-order chi connectivity index (χ1) is 12.5. The molecule has 0 amide bonds. The SMILES string of the molecule is CCCOc1ccc(/C=C/C(=O)Oc2ccc(OC)cc2[N+](=O)[O-])cc1. The van der Waals surface area contributed by atoms with E-state index in [4.69, 9.17) is 14.2 Å². The maximum atomic E-state index is 11.9. The Balaban J connectivity index is 2.04. The zero-order chi connectivity index (χ0) is 18.9. The van der Waals surface area contributed by atoms with Gasteiger partial charge in [0.1, 0.15) is 11.5 Å². The Morgan fingerprint density at radius 3 is 2.46 bits per heavy atom. The van der Waals surface area contributed by atoms with Crippen LogP contribution in [0.15, 0.2) is 48.5 Å². The van der Waals surface area contributed by atoms with Gasteiger partial charge in [0.2, 0.25) is 5.75 Å². The Bertz CT molecular complexity index is 798. The van der Waals surface area contributed by atoms with Crippen LogP contribution in [0.5, 0.6) is 17.2 Å². The first-order valence-electron chi connectivity index (χ1n) is 7.98. The summed E-state index contributed by atoms with van der Waals surface area (Å²) in [7, 11) is 1.39. The lowest BCUT2D eigenvalue weighted by molar-refractivity contribution is -0.385. The van der Waals surface area contributed by atoms with Crippen LogP contribution < -0.4 is 14.2 Å². The molecule has 0 atom stereocenters. The highest BCUT2D eigenvalue weighted by molar-refractivity contribution is 5.89. The molecule has 0 saturated carbocycles. The van der Waals surface area contributed by atoms with E-state index in [0.29, 0.717) is 12.4 Å². The van der Waals surface area contributed by atoms with E-state index in [1.165, 1.54) is 31.4 Å². The van der Waals surface area contributed by atoms with Gasteiger partial charge in [0.15, 0.2) is 0 Å². The summed E-state index contributed by atoms with van der Waals surface area (Å²) in [6, 6.07) is 11.2. The van der Waals surface area contributed by atoms with Crippen LogP contribution in [0.25, 0.3) is 6.08 Å². The third-order valence-electron chi connectivity index (χ3n) is 3.34. The van der Waals surface area contributed by atoms with Gasteiger partial charge in [-0.2, -0.15) is 0 Å². The van der Waals surface area contributed by atoms with Gasteiger partial charge < -0.3 is 14.2 Å². The van der Waals surface area contributed by atoms with Gasteiger partial charge in [-0.1, -0.05) is 19.1 Å². The maximum Gasteiger partial charge on any atom is 0.336 e. The Labute approximate surface area is 151 Å². The third kappa shape index (κ3) is 5.34. The number of benzene rings is 2. The van der Waals surface area contributed by atoms with Gasteiger partial charge in [0.25, 0.3) is 0 Å². The predicted octanol–water partition coefficient (Wildman–Crippen LogP) is 4.01. The second-order valence-electron chi connectivity index (χ2n) is 5.26. The van der Waals surface area contributed by atoms with Crippen molar-refractivity contribution in [2.45, 2.75) is 13.3 Å². The summed E-state index contributed by atoms with van der Waals surface area (Å²) in [5.41, 5.74) is 0.429. The number of nitrogens with zero attached hydrogens (tertiary/aromatic N) is 1. The normalized spacial score (nSPS) is 10.5. The minimum Gasteiger partial charge on any atom is -0.496 e. The molecule has 0 spiro atoms. The molecule has 0 heterocycles. The van der Waals surface area contributed by atoms with Crippen molar-refractivity contribution in [3.63, 3.8) is 0 Å². The van der Waals surface area contributed by atoms with Crippen LogP contribution in [0, 0.1) is 10.1 Å². The predicted molar refractivity (Wildman–Crippen MR) is 96.5 cm³/mol. The molecule has 0 aliphatic carbocycles. The number of methoxy groups -OCH3 is 1. The first-order valence-corrected chi connectivity index (χ1v) is 7.98. The minimum atomic E-state index is -0.718. The maximum absolute atomic E-state index is 11.9. The van der Waals surface area contributed by atoms with Gasteiger partial charge in [-0.15, -0.1) is 0 Å². The number of ether oxygens (including phenoxy) is 3. The van der Waals surface area contributed by atoms with Crippen molar-refractivity contribution in [2.24, 2.45) is 0 Å². The fraction of sp³-hybridized carbons (Fsp3) is 0.211. The Morgan fingerprint density at radius 1 is 1.15 bits per heavy atom. The van der Waals surface area contributed by atoms with Crippen molar-refractivity contribution in [2.75, 3.05) is 13.7 Å². The van der Waals surface area contributed by atoms with E-state index >= 15 is 0 Å². The van der Waals surface area contributed by atoms with Crippen molar-refractivity contribution < 1.29 is 23.9 Å². The summed E-state index contributed by atoms with van der Waals surface area (Å²) in [5, 5.41) is 11.1. The zero-order valence-electron chi connectivity index (χ0n) is 14.5. The van der Waals surface area contributed by atoms with E-state index in [9.17, 15) is 14.9 Å². The topological polar surface area (TPSA) is 87.9 Å². The highest BCUT2D eigenvalue weighted by Gasteiger charge is 2.18. The number of rotatable bonds is 8. The molecular weight excluding hydrogens is 338 g/mol. The standard InChI is InChI=1S/C19H19NO6/c1-3-12-25-15-7-4-14(5-8-15)6-11-19(21)26-18-10-9-16(24-2)13-17(18)20(22)23/h4-11,13H,3,12H2,1-2H3/b11-6+. The van der Waals surface area contributed by atoms with Crippen LogP contribution in [0.3, 0.4) is 0 Å². The molecule has 26 heavy (non-hydrogen) atoms. The van der Waals surface area contributed by atoms with Gasteiger partial charge in [-0.3, -0.25) is 10.1 Å². The number of hydrogen-bond acceptors (Lipinski definition) is 6. The van der Waals surface area contributed by atoms with Gasteiger partial charge in [0.05, 0.1) is 24.7 Å². The molecule has 0 aromatic heterocycles. The molecule has 2 aromatic rings. The molecule has 0 aliphatic heterocycles. The molecule has 136 valence electrons. The van der Waals surface area contributed by atoms with E-state index in [-0.39, 0.29) is 11.4 Å². The lowest BCUT2D eigenvalue weighted by Gasteiger charge is -2.05. The Hall–Kier alpha value is -3.35. The highest BCUT2D eigenvalue weighted by atomic mass is 16.6. The van der Waals surface area contributed by atoms with E-state index in [1.54, 1.807) is 30.3 Å². The highest BCUT2D eigenvalue weighted by Crippen LogP contribution is 2.31. The van der Waals surface area contributed by atoms with Crippen LogP contribution in [-0.4, -0.2) is 24.6 Å². The number of carbonyl (C=O) groups excluding carboxylic acids is 1. The quantitative estimate of drug-likeness (QED) is 0.233.